The molecule has 1 aliphatic rings. The van der Waals surface area contributed by atoms with E-state index in [2.05, 4.69) is 31.6 Å². The molecule has 150 valence electrons. The molecule has 0 bridgehead atoms. The van der Waals surface area contributed by atoms with Crippen LogP contribution in [0.2, 0.25) is 0 Å². The molecule has 3 heterocycles. The predicted octanol–water partition coefficient (Wildman–Crippen LogP) is 1.66. The largest absolute Gasteiger partial charge is 0.419 e. The van der Waals surface area contributed by atoms with E-state index in [1.54, 1.807) is 4.57 Å². The molecule has 0 atom stereocenters. The molecule has 4 rings (SSSR count). The monoisotopic (exact) mass is 384 g/mol. The van der Waals surface area contributed by atoms with E-state index in [0.29, 0.717) is 18.0 Å². The molecule has 0 amide bonds. The van der Waals surface area contributed by atoms with E-state index >= 15 is 0 Å². The Labute approximate surface area is 164 Å². The van der Waals surface area contributed by atoms with Crippen LogP contribution < -0.4 is 5.76 Å². The lowest BCUT2D eigenvalue weighted by molar-refractivity contribution is 0.200. The highest BCUT2D eigenvalue weighted by molar-refractivity contribution is 5.72. The van der Waals surface area contributed by atoms with E-state index in [-0.39, 0.29) is 5.76 Å². The van der Waals surface area contributed by atoms with Crippen LogP contribution in [0.1, 0.15) is 30.4 Å². The maximum absolute atomic E-state index is 12.1. The lowest BCUT2D eigenvalue weighted by atomic mass is 9.96. The van der Waals surface area contributed by atoms with E-state index < -0.39 is 0 Å². The first-order chi connectivity index (χ1) is 13.5. The van der Waals surface area contributed by atoms with Crippen LogP contribution in [-0.2, 0) is 20.1 Å². The van der Waals surface area contributed by atoms with Gasteiger partial charge in [0.1, 0.15) is 11.6 Å². The highest BCUT2D eigenvalue weighted by Crippen LogP contribution is 2.27. The van der Waals surface area contributed by atoms with Crippen molar-refractivity contribution in [1.82, 2.24) is 29.1 Å². The van der Waals surface area contributed by atoms with E-state index in [1.807, 2.05) is 38.4 Å². The number of aromatic nitrogens is 4. The zero-order valence-corrected chi connectivity index (χ0v) is 16.8. The fourth-order valence-electron chi connectivity index (χ4n) is 4.03. The van der Waals surface area contributed by atoms with Crippen molar-refractivity contribution in [2.75, 3.05) is 33.7 Å². The van der Waals surface area contributed by atoms with Crippen molar-refractivity contribution in [2.24, 2.45) is 7.05 Å². The third-order valence-electron chi connectivity index (χ3n) is 5.62. The summed E-state index contributed by atoms with van der Waals surface area (Å²) in [4.78, 5) is 16.6. The van der Waals surface area contributed by atoms with Gasteiger partial charge in [-0.3, -0.25) is 4.57 Å². The SMILES string of the molecule is CN(C)Cc1nnc(C2CCN(CCn3c(=O)oc4ccccc43)CC2)n1C. The van der Waals surface area contributed by atoms with E-state index in [0.717, 1.165) is 56.2 Å². The van der Waals surface area contributed by atoms with Gasteiger partial charge in [-0.2, -0.15) is 0 Å². The molecule has 28 heavy (non-hydrogen) atoms. The van der Waals surface area contributed by atoms with Crippen LogP contribution in [0.15, 0.2) is 33.5 Å². The fraction of sp³-hybridized carbons (Fsp3) is 0.550. The number of likely N-dealkylation sites (tertiary alicyclic amines) is 1. The van der Waals surface area contributed by atoms with Gasteiger partial charge in [-0.05, 0) is 52.2 Å². The summed E-state index contributed by atoms with van der Waals surface area (Å²) in [6, 6.07) is 7.59. The van der Waals surface area contributed by atoms with Crippen molar-refractivity contribution in [3.63, 3.8) is 0 Å². The Balaban J connectivity index is 1.35. The smallest absolute Gasteiger partial charge is 0.408 e. The molecule has 1 aliphatic heterocycles. The summed E-state index contributed by atoms with van der Waals surface area (Å²) in [7, 11) is 6.15. The van der Waals surface area contributed by atoms with Crippen molar-refractivity contribution in [3.8, 4) is 0 Å². The van der Waals surface area contributed by atoms with Crippen LogP contribution in [0.3, 0.4) is 0 Å². The standard InChI is InChI=1S/C20H28N6O2/c1-23(2)14-18-21-22-19(24(18)3)15-8-10-25(11-9-15)12-13-26-16-6-4-5-7-17(16)28-20(26)27/h4-7,15H,8-14H2,1-3H3. The van der Waals surface area contributed by atoms with Gasteiger partial charge < -0.3 is 18.8 Å². The van der Waals surface area contributed by atoms with E-state index in [1.165, 1.54) is 0 Å². The van der Waals surface area contributed by atoms with Gasteiger partial charge in [0.25, 0.3) is 0 Å². The van der Waals surface area contributed by atoms with Crippen molar-refractivity contribution < 1.29 is 4.42 Å². The first-order valence-corrected chi connectivity index (χ1v) is 9.86. The van der Waals surface area contributed by atoms with Gasteiger partial charge in [-0.25, -0.2) is 4.79 Å². The lowest BCUT2D eigenvalue weighted by Gasteiger charge is -2.31. The van der Waals surface area contributed by atoms with Gasteiger partial charge in [0.05, 0.1) is 12.1 Å². The van der Waals surface area contributed by atoms with Gasteiger partial charge in [0.2, 0.25) is 0 Å². The summed E-state index contributed by atoms with van der Waals surface area (Å²) in [6.07, 6.45) is 2.13. The highest BCUT2D eigenvalue weighted by Gasteiger charge is 2.25. The first kappa shape index (κ1) is 18.9. The van der Waals surface area contributed by atoms with Gasteiger partial charge in [0.15, 0.2) is 5.58 Å². The maximum atomic E-state index is 12.1. The van der Waals surface area contributed by atoms with Crippen molar-refractivity contribution in [2.45, 2.75) is 31.8 Å². The Morgan fingerprint density at radius 1 is 1.14 bits per heavy atom. The Kier molecular flexibility index (Phi) is 5.32. The third kappa shape index (κ3) is 3.74. The summed E-state index contributed by atoms with van der Waals surface area (Å²) < 4.78 is 9.21. The molecule has 8 nitrogen and oxygen atoms in total. The Morgan fingerprint density at radius 3 is 2.64 bits per heavy atom. The molecule has 1 saturated heterocycles. The molecule has 3 aromatic rings. The molecule has 8 heteroatoms. The molecule has 0 unspecified atom stereocenters. The second kappa shape index (κ2) is 7.89. The molecule has 2 aromatic heterocycles. The van der Waals surface area contributed by atoms with Crippen LogP contribution in [0.25, 0.3) is 11.1 Å². The zero-order chi connectivity index (χ0) is 19.7. The first-order valence-electron chi connectivity index (χ1n) is 9.86. The zero-order valence-electron chi connectivity index (χ0n) is 16.8. The number of para-hydroxylation sites is 2. The number of oxazole rings is 1. The Hall–Kier alpha value is -2.45. The number of benzene rings is 1. The van der Waals surface area contributed by atoms with Crippen LogP contribution in [0.5, 0.6) is 0 Å². The van der Waals surface area contributed by atoms with Crippen LogP contribution >= 0.6 is 0 Å². The summed E-state index contributed by atoms with van der Waals surface area (Å²) in [5.41, 5.74) is 1.52. The molecule has 1 aromatic carbocycles. The lowest BCUT2D eigenvalue weighted by Crippen LogP contribution is -2.36. The van der Waals surface area contributed by atoms with Crippen LogP contribution in [-0.4, -0.2) is 62.9 Å². The van der Waals surface area contributed by atoms with Crippen LogP contribution in [0.4, 0.5) is 0 Å². The summed E-state index contributed by atoms with van der Waals surface area (Å²) in [5, 5.41) is 8.83. The number of nitrogens with zero attached hydrogens (tertiary/aromatic N) is 6. The van der Waals surface area contributed by atoms with Crippen molar-refractivity contribution >= 4 is 11.1 Å². The Morgan fingerprint density at radius 2 is 1.89 bits per heavy atom. The summed E-state index contributed by atoms with van der Waals surface area (Å²) in [6.45, 7) is 4.31. The molecule has 0 N–H and O–H groups in total. The third-order valence-corrected chi connectivity index (χ3v) is 5.62. The van der Waals surface area contributed by atoms with Crippen molar-refractivity contribution in [1.29, 1.82) is 0 Å². The Bertz CT molecular complexity index is 994. The minimum atomic E-state index is -0.274. The summed E-state index contributed by atoms with van der Waals surface area (Å²) in [5.74, 6) is 2.27. The maximum Gasteiger partial charge on any atom is 0.419 e. The number of piperidine rings is 1. The normalized spacial score (nSPS) is 16.4. The van der Waals surface area contributed by atoms with Gasteiger partial charge in [-0.15, -0.1) is 10.2 Å². The highest BCUT2D eigenvalue weighted by atomic mass is 16.4. The van der Waals surface area contributed by atoms with Crippen molar-refractivity contribution in [3.05, 3.63) is 46.5 Å². The molecule has 0 aliphatic carbocycles. The summed E-state index contributed by atoms with van der Waals surface area (Å²) >= 11 is 0. The topological polar surface area (TPSA) is 72.3 Å². The predicted molar refractivity (Wildman–Crippen MR) is 107 cm³/mol. The second-order valence-corrected chi connectivity index (χ2v) is 7.87. The minimum Gasteiger partial charge on any atom is -0.408 e. The number of rotatable bonds is 6. The van der Waals surface area contributed by atoms with Gasteiger partial charge in [0, 0.05) is 26.1 Å². The minimum absolute atomic E-state index is 0.274. The molecular weight excluding hydrogens is 356 g/mol. The second-order valence-electron chi connectivity index (χ2n) is 7.87. The van der Waals surface area contributed by atoms with E-state index in [4.69, 9.17) is 4.42 Å². The molecular formula is C20H28N6O2. The van der Waals surface area contributed by atoms with Gasteiger partial charge in [-0.1, -0.05) is 12.1 Å². The molecule has 0 saturated carbocycles. The molecule has 1 fully saturated rings. The average Bonchev–Trinajstić information content (AvgIpc) is 3.19. The molecule has 0 spiro atoms. The van der Waals surface area contributed by atoms with E-state index in [9.17, 15) is 4.79 Å². The van der Waals surface area contributed by atoms with Gasteiger partial charge >= 0.3 is 5.76 Å². The number of hydrogen-bond acceptors (Lipinski definition) is 6. The quantitative estimate of drug-likeness (QED) is 0.644. The number of fused-ring (bicyclic) bond motifs is 1. The fourth-order valence-corrected chi connectivity index (χ4v) is 4.03. The average molecular weight is 384 g/mol. The number of hydrogen-bond donors (Lipinski definition) is 0. The van der Waals surface area contributed by atoms with Crippen LogP contribution in [0, 0.1) is 0 Å². The molecule has 0 radical (unpaired) electrons.